The molecule has 0 aromatic heterocycles. The Morgan fingerprint density at radius 2 is 1.33 bits per heavy atom. The molecule has 0 heterocycles. The van der Waals surface area contributed by atoms with Crippen molar-refractivity contribution in [3.05, 3.63) is 0 Å². The van der Waals surface area contributed by atoms with Gasteiger partial charge >= 0.3 is 5.97 Å². The average Bonchev–Trinajstić information content (AvgIpc) is 2.58. The molecular formula is C21H41BrO2. The molecular weight excluding hydrogens is 364 g/mol. The molecule has 0 aromatic rings. The summed E-state index contributed by atoms with van der Waals surface area (Å²) in [6.45, 7) is 5.09. The van der Waals surface area contributed by atoms with Gasteiger partial charge in [-0.25, -0.2) is 0 Å². The molecule has 0 saturated carbocycles. The van der Waals surface area contributed by atoms with Crippen LogP contribution in [0, 0.1) is 5.92 Å². The Hall–Kier alpha value is -0.0500. The molecule has 0 fully saturated rings. The Kier molecular flexibility index (Phi) is 19.2. The highest BCUT2D eigenvalue weighted by Gasteiger charge is 2.14. The van der Waals surface area contributed by atoms with Crippen LogP contribution >= 0.6 is 15.9 Å². The molecule has 0 aliphatic heterocycles. The van der Waals surface area contributed by atoms with Crippen molar-refractivity contribution in [1.29, 1.82) is 0 Å². The van der Waals surface area contributed by atoms with Gasteiger partial charge in [0.15, 0.2) is 0 Å². The summed E-state index contributed by atoms with van der Waals surface area (Å²) in [6.07, 6.45) is 18.0. The molecule has 0 amide bonds. The van der Waals surface area contributed by atoms with E-state index in [1.165, 1.54) is 83.5 Å². The zero-order valence-electron chi connectivity index (χ0n) is 16.3. The lowest BCUT2D eigenvalue weighted by atomic mass is 9.92. The number of hydrogen-bond donors (Lipinski definition) is 0. The van der Waals surface area contributed by atoms with Crippen molar-refractivity contribution in [2.75, 3.05) is 11.9 Å². The second-order valence-electron chi connectivity index (χ2n) is 7.09. The van der Waals surface area contributed by atoms with Crippen LogP contribution < -0.4 is 0 Å². The van der Waals surface area contributed by atoms with E-state index < -0.39 is 0 Å². The van der Waals surface area contributed by atoms with Crippen molar-refractivity contribution < 1.29 is 9.53 Å². The molecule has 0 N–H and O–H groups in total. The van der Waals surface area contributed by atoms with Gasteiger partial charge in [-0.1, -0.05) is 94.0 Å². The number of alkyl halides is 1. The van der Waals surface area contributed by atoms with Gasteiger partial charge in [-0.05, 0) is 31.6 Å². The summed E-state index contributed by atoms with van der Waals surface area (Å²) in [5.41, 5.74) is 0. The van der Waals surface area contributed by atoms with Crippen LogP contribution in [0.15, 0.2) is 0 Å². The maximum atomic E-state index is 12.1. The first-order valence-electron chi connectivity index (χ1n) is 10.5. The third-order valence-corrected chi connectivity index (χ3v) is 5.24. The second-order valence-corrected chi connectivity index (χ2v) is 7.89. The van der Waals surface area contributed by atoms with Crippen LogP contribution in [0.25, 0.3) is 0 Å². The van der Waals surface area contributed by atoms with Gasteiger partial charge in [-0.2, -0.15) is 0 Å². The first-order chi connectivity index (χ1) is 11.7. The molecule has 0 saturated heterocycles. The number of esters is 1. The van der Waals surface area contributed by atoms with Crippen molar-refractivity contribution in [3.63, 3.8) is 0 Å². The Balaban J connectivity index is 3.82. The molecule has 1 unspecified atom stereocenters. The predicted octanol–water partition coefficient (Wildman–Crippen LogP) is 7.43. The topological polar surface area (TPSA) is 26.3 Å². The van der Waals surface area contributed by atoms with E-state index in [4.69, 9.17) is 4.74 Å². The summed E-state index contributed by atoms with van der Waals surface area (Å²) in [6, 6.07) is 0. The van der Waals surface area contributed by atoms with Gasteiger partial charge in [-0.15, -0.1) is 0 Å². The molecule has 0 aliphatic rings. The van der Waals surface area contributed by atoms with Crippen molar-refractivity contribution in [2.24, 2.45) is 5.92 Å². The summed E-state index contributed by atoms with van der Waals surface area (Å²) in [5, 5.41) is 1.09. The van der Waals surface area contributed by atoms with E-state index in [0.717, 1.165) is 11.8 Å². The van der Waals surface area contributed by atoms with Crippen LogP contribution in [0.2, 0.25) is 0 Å². The minimum absolute atomic E-state index is 0.0329. The molecule has 2 nitrogen and oxygen atoms in total. The molecule has 0 aliphatic carbocycles. The van der Waals surface area contributed by atoms with Gasteiger partial charge in [0.2, 0.25) is 0 Å². The number of rotatable bonds is 18. The molecule has 0 radical (unpaired) electrons. The maximum Gasteiger partial charge on any atom is 0.306 e. The molecule has 1 atom stereocenters. The highest BCUT2D eigenvalue weighted by Crippen LogP contribution is 2.21. The largest absolute Gasteiger partial charge is 0.466 e. The number of ether oxygens (including phenoxy) is 1. The average molecular weight is 405 g/mol. The van der Waals surface area contributed by atoms with Crippen LogP contribution in [-0.4, -0.2) is 17.9 Å². The maximum absolute atomic E-state index is 12.1. The van der Waals surface area contributed by atoms with Gasteiger partial charge in [0.1, 0.15) is 0 Å². The molecule has 24 heavy (non-hydrogen) atoms. The van der Waals surface area contributed by atoms with Crippen molar-refractivity contribution in [2.45, 2.75) is 110 Å². The van der Waals surface area contributed by atoms with E-state index in [1.807, 2.05) is 0 Å². The van der Waals surface area contributed by atoms with Crippen LogP contribution in [0.4, 0.5) is 0 Å². The quantitative estimate of drug-likeness (QED) is 0.135. The first-order valence-corrected chi connectivity index (χ1v) is 11.6. The van der Waals surface area contributed by atoms with Crippen molar-refractivity contribution in [1.82, 2.24) is 0 Å². The van der Waals surface area contributed by atoms with E-state index in [-0.39, 0.29) is 5.97 Å². The number of carbonyl (C=O) groups is 1. The van der Waals surface area contributed by atoms with E-state index in [0.29, 0.717) is 18.9 Å². The van der Waals surface area contributed by atoms with Gasteiger partial charge < -0.3 is 4.74 Å². The molecule has 0 spiro atoms. The Morgan fingerprint density at radius 1 is 0.792 bits per heavy atom. The van der Waals surface area contributed by atoms with Gasteiger partial charge in [-0.3, -0.25) is 4.79 Å². The summed E-state index contributed by atoms with van der Waals surface area (Å²) in [5.74, 6) is 0.564. The van der Waals surface area contributed by atoms with Gasteiger partial charge in [0, 0.05) is 11.8 Å². The van der Waals surface area contributed by atoms with E-state index in [1.54, 1.807) is 0 Å². The van der Waals surface area contributed by atoms with Crippen LogP contribution in [0.1, 0.15) is 110 Å². The Morgan fingerprint density at radius 3 is 2.00 bits per heavy atom. The molecule has 0 aromatic carbocycles. The predicted molar refractivity (Wildman–Crippen MR) is 109 cm³/mol. The molecule has 0 rings (SSSR count). The van der Waals surface area contributed by atoms with Gasteiger partial charge in [0.05, 0.1) is 6.61 Å². The smallest absolute Gasteiger partial charge is 0.306 e. The lowest BCUT2D eigenvalue weighted by molar-refractivity contribution is -0.145. The minimum atomic E-state index is 0.0329. The summed E-state index contributed by atoms with van der Waals surface area (Å²) >= 11 is 3.49. The lowest BCUT2D eigenvalue weighted by Crippen LogP contribution is -2.13. The number of carbonyl (C=O) groups excluding carboxylic acids is 1. The fraction of sp³-hybridized carbons (Fsp3) is 0.952. The Bertz CT molecular complexity index is 269. The fourth-order valence-electron chi connectivity index (χ4n) is 3.10. The number of halogens is 1. The number of unbranched alkanes of at least 4 members (excludes halogenated alkanes) is 9. The normalized spacial score (nSPS) is 12.3. The monoisotopic (exact) mass is 404 g/mol. The molecule has 3 heteroatoms. The molecule has 144 valence electrons. The van der Waals surface area contributed by atoms with E-state index >= 15 is 0 Å². The lowest BCUT2D eigenvalue weighted by Gasteiger charge is -2.16. The Labute approximate surface area is 159 Å². The third kappa shape index (κ3) is 16.8. The summed E-state index contributed by atoms with van der Waals surface area (Å²) in [7, 11) is 0. The molecule has 0 bridgehead atoms. The zero-order chi connectivity index (χ0) is 17.9. The highest BCUT2D eigenvalue weighted by molar-refractivity contribution is 9.09. The summed E-state index contributed by atoms with van der Waals surface area (Å²) in [4.78, 5) is 12.1. The standard InChI is InChI=1S/C21H41BrO2/c1-3-5-7-8-9-14-18-24-21(23)19-20(15-11-6-4-2)16-12-10-13-17-22/h20H,3-19H2,1-2H3. The number of hydrogen-bond acceptors (Lipinski definition) is 2. The first kappa shape index (κ1) is 23.9. The van der Waals surface area contributed by atoms with E-state index in [9.17, 15) is 4.79 Å². The zero-order valence-corrected chi connectivity index (χ0v) is 17.9. The second kappa shape index (κ2) is 19.3. The SMILES string of the molecule is CCCCCCCCOC(=O)CC(CCCCC)CCCCCBr. The van der Waals surface area contributed by atoms with Crippen LogP contribution in [0.5, 0.6) is 0 Å². The van der Waals surface area contributed by atoms with Crippen molar-refractivity contribution in [3.8, 4) is 0 Å². The van der Waals surface area contributed by atoms with Gasteiger partial charge in [0.25, 0.3) is 0 Å². The van der Waals surface area contributed by atoms with Crippen LogP contribution in [0.3, 0.4) is 0 Å². The highest BCUT2D eigenvalue weighted by atomic mass is 79.9. The minimum Gasteiger partial charge on any atom is -0.466 e. The van der Waals surface area contributed by atoms with E-state index in [2.05, 4.69) is 29.8 Å². The van der Waals surface area contributed by atoms with Crippen LogP contribution in [-0.2, 0) is 9.53 Å². The third-order valence-electron chi connectivity index (χ3n) is 4.68. The van der Waals surface area contributed by atoms with Crippen molar-refractivity contribution >= 4 is 21.9 Å². The fourth-order valence-corrected chi connectivity index (χ4v) is 3.50. The summed E-state index contributed by atoms with van der Waals surface area (Å²) < 4.78 is 5.47.